The largest absolute Gasteiger partial charge is 0.493 e. The van der Waals surface area contributed by atoms with Gasteiger partial charge in [-0.1, -0.05) is 0 Å². The van der Waals surface area contributed by atoms with Gasteiger partial charge in [-0.2, -0.15) is 4.98 Å². The van der Waals surface area contributed by atoms with E-state index in [0.717, 1.165) is 6.07 Å². The van der Waals surface area contributed by atoms with Gasteiger partial charge in [0, 0.05) is 12.3 Å². The molecule has 0 bridgehead atoms. The van der Waals surface area contributed by atoms with E-state index in [-0.39, 0.29) is 11.2 Å². The highest BCUT2D eigenvalue weighted by molar-refractivity contribution is 6.06. The smallest absolute Gasteiger partial charge is 0.216 e. The lowest BCUT2D eigenvalue weighted by molar-refractivity contribution is -0.141. The van der Waals surface area contributed by atoms with Crippen LogP contribution >= 0.6 is 0 Å². The first-order valence-electron chi connectivity index (χ1n) is 8.04. The molecule has 0 spiro atoms. The van der Waals surface area contributed by atoms with Crippen LogP contribution in [0.25, 0.3) is 10.8 Å². The van der Waals surface area contributed by atoms with Crippen LogP contribution in [0.15, 0.2) is 22.1 Å². The minimum atomic E-state index is -1.28. The molecule has 3 rings (SSSR count). The molecule has 0 saturated carbocycles. The zero-order chi connectivity index (χ0) is 19.0. The van der Waals surface area contributed by atoms with Gasteiger partial charge in [0.1, 0.15) is 30.1 Å². The minimum absolute atomic E-state index is 0.276. The quantitative estimate of drug-likeness (QED) is 0.474. The molecular weight excluding hydrogens is 344 g/mol. The number of anilines is 1. The van der Waals surface area contributed by atoms with E-state index in [2.05, 4.69) is 15.3 Å². The van der Waals surface area contributed by atoms with E-state index in [4.69, 9.17) is 4.74 Å². The van der Waals surface area contributed by atoms with E-state index < -0.39 is 42.5 Å². The van der Waals surface area contributed by atoms with Gasteiger partial charge in [-0.25, -0.2) is 4.99 Å². The monoisotopic (exact) mass is 364 g/mol. The lowest BCUT2D eigenvalue weighted by Gasteiger charge is -2.28. The number of hydrogen-bond donors (Lipinski definition) is 5. The third-order valence-corrected chi connectivity index (χ3v) is 4.20. The van der Waals surface area contributed by atoms with Gasteiger partial charge in [-0.05, 0) is 13.8 Å². The third kappa shape index (κ3) is 3.15. The number of ether oxygens (including phenoxy) is 1. The van der Waals surface area contributed by atoms with Crippen molar-refractivity contribution in [3.05, 3.63) is 22.5 Å². The van der Waals surface area contributed by atoms with Gasteiger partial charge in [-0.15, -0.1) is 0 Å². The molecule has 10 heteroatoms. The van der Waals surface area contributed by atoms with Gasteiger partial charge < -0.3 is 35.0 Å². The molecule has 1 aliphatic rings. The van der Waals surface area contributed by atoms with Crippen molar-refractivity contribution in [1.82, 2.24) is 9.55 Å². The Morgan fingerprint density at radius 1 is 1.35 bits per heavy atom. The van der Waals surface area contributed by atoms with E-state index in [1.165, 1.54) is 19.5 Å². The SMILES string of the molecule is CC(O[C@H](CO)[C@@H](O)[C@H](C)O)n1cc2c(=O)cc(O)nc3c2c1N=CN3. The van der Waals surface area contributed by atoms with Crippen molar-refractivity contribution in [2.75, 3.05) is 11.9 Å². The first-order valence-corrected chi connectivity index (χ1v) is 8.04. The molecule has 5 N–H and O–H groups in total. The molecule has 0 fully saturated rings. The molecule has 1 aliphatic heterocycles. The zero-order valence-electron chi connectivity index (χ0n) is 14.2. The maximum atomic E-state index is 12.3. The number of aromatic nitrogens is 2. The lowest BCUT2D eigenvalue weighted by Crippen LogP contribution is -2.41. The maximum Gasteiger partial charge on any atom is 0.216 e. The van der Waals surface area contributed by atoms with E-state index in [1.807, 2.05) is 0 Å². The second-order valence-corrected chi connectivity index (χ2v) is 6.07. The molecule has 0 saturated heterocycles. The molecule has 0 radical (unpaired) electrons. The van der Waals surface area contributed by atoms with Gasteiger partial charge >= 0.3 is 0 Å². The zero-order valence-corrected chi connectivity index (χ0v) is 14.2. The van der Waals surface area contributed by atoms with Crippen molar-refractivity contribution >= 4 is 28.7 Å². The number of aliphatic hydroxyl groups is 3. The predicted octanol–water partition coefficient (Wildman–Crippen LogP) is -0.175. The molecular formula is C16H20N4O6. The van der Waals surface area contributed by atoms with Crippen LogP contribution < -0.4 is 10.7 Å². The van der Waals surface area contributed by atoms with Gasteiger partial charge in [0.15, 0.2) is 5.43 Å². The molecule has 3 heterocycles. The summed E-state index contributed by atoms with van der Waals surface area (Å²) in [4.78, 5) is 20.5. The van der Waals surface area contributed by atoms with Crippen LogP contribution in [0.3, 0.4) is 0 Å². The lowest BCUT2D eigenvalue weighted by atomic mass is 10.1. The van der Waals surface area contributed by atoms with Crippen molar-refractivity contribution in [1.29, 1.82) is 0 Å². The Morgan fingerprint density at radius 3 is 2.73 bits per heavy atom. The summed E-state index contributed by atoms with van der Waals surface area (Å²) in [5.74, 6) is 0.245. The van der Waals surface area contributed by atoms with Crippen molar-refractivity contribution in [3.63, 3.8) is 0 Å². The Kier molecular flexibility index (Phi) is 4.92. The summed E-state index contributed by atoms with van der Waals surface area (Å²) in [6, 6.07) is 1.01. The van der Waals surface area contributed by atoms with Crippen LogP contribution in [-0.2, 0) is 4.74 Å². The van der Waals surface area contributed by atoms with Crippen LogP contribution in [0.2, 0.25) is 0 Å². The summed E-state index contributed by atoms with van der Waals surface area (Å²) in [5, 5.41) is 42.0. The minimum Gasteiger partial charge on any atom is -0.493 e. The van der Waals surface area contributed by atoms with E-state index in [9.17, 15) is 25.2 Å². The standard InChI is InChI=1S/C16H20N4O6/c1-7(22)14(25)11(5-21)26-8(2)20-4-9-10(23)3-12(24)19-15-13(9)16(20)18-6-17-15/h3-4,6-8,11,14,21-22,24-25H,5H2,1-2H3,(H,17,18,19)/t7-,8?,11+,14-/m0/s1. The molecule has 140 valence electrons. The summed E-state index contributed by atoms with van der Waals surface area (Å²) in [6.45, 7) is 2.54. The summed E-state index contributed by atoms with van der Waals surface area (Å²) >= 11 is 0. The fraction of sp³-hybridized carbons (Fsp3) is 0.438. The fourth-order valence-corrected chi connectivity index (χ4v) is 2.86. The number of aliphatic imine (C=N–C) groups is 1. The Labute approximate surface area is 148 Å². The van der Waals surface area contributed by atoms with Crippen LogP contribution in [-0.4, -0.2) is 61.2 Å². The third-order valence-electron chi connectivity index (χ3n) is 4.20. The van der Waals surface area contributed by atoms with Crippen LogP contribution in [0, 0.1) is 0 Å². The summed E-state index contributed by atoms with van der Waals surface area (Å²) in [6.07, 6.45) is -1.24. The van der Waals surface area contributed by atoms with E-state index in [1.54, 1.807) is 11.5 Å². The number of aromatic hydroxyl groups is 1. The molecule has 0 aromatic carbocycles. The molecule has 0 amide bonds. The van der Waals surface area contributed by atoms with Gasteiger partial charge in [-0.3, -0.25) is 4.79 Å². The summed E-state index contributed by atoms with van der Waals surface area (Å²) < 4.78 is 7.23. The molecule has 10 nitrogen and oxygen atoms in total. The van der Waals surface area contributed by atoms with Crippen molar-refractivity contribution in [3.8, 4) is 5.88 Å². The number of hydrogen-bond acceptors (Lipinski definition) is 9. The molecule has 26 heavy (non-hydrogen) atoms. The van der Waals surface area contributed by atoms with Crippen molar-refractivity contribution in [2.45, 2.75) is 38.4 Å². The average Bonchev–Trinajstić information content (AvgIpc) is 2.94. The topological polar surface area (TPSA) is 149 Å². The molecule has 1 unspecified atom stereocenters. The van der Waals surface area contributed by atoms with Gasteiger partial charge in [0.25, 0.3) is 0 Å². The molecule has 4 atom stereocenters. The first kappa shape index (κ1) is 18.3. The second-order valence-electron chi connectivity index (χ2n) is 6.07. The van der Waals surface area contributed by atoms with Crippen LogP contribution in [0.1, 0.15) is 20.1 Å². The highest BCUT2D eigenvalue weighted by Crippen LogP contribution is 2.36. The Morgan fingerprint density at radius 2 is 2.08 bits per heavy atom. The Hall–Kier alpha value is -2.53. The fourth-order valence-electron chi connectivity index (χ4n) is 2.86. The van der Waals surface area contributed by atoms with Gasteiger partial charge in [0.05, 0.1) is 29.8 Å². The Bertz CT molecular complexity index is 910. The molecule has 0 aliphatic carbocycles. The molecule has 2 aromatic rings. The average molecular weight is 364 g/mol. The van der Waals surface area contributed by atoms with Crippen molar-refractivity contribution in [2.24, 2.45) is 4.99 Å². The van der Waals surface area contributed by atoms with Crippen molar-refractivity contribution < 1.29 is 25.2 Å². The number of aliphatic hydroxyl groups excluding tert-OH is 3. The number of rotatable bonds is 6. The number of nitrogens with zero attached hydrogens (tertiary/aromatic N) is 3. The molecule has 2 aromatic heterocycles. The highest BCUT2D eigenvalue weighted by atomic mass is 16.5. The van der Waals surface area contributed by atoms with Crippen LogP contribution in [0.5, 0.6) is 5.88 Å². The highest BCUT2D eigenvalue weighted by Gasteiger charge is 2.28. The van der Waals surface area contributed by atoms with E-state index >= 15 is 0 Å². The first-order chi connectivity index (χ1) is 12.3. The van der Waals surface area contributed by atoms with Gasteiger partial charge in [0.2, 0.25) is 5.88 Å². The normalized spacial score (nSPS) is 17.6. The van der Waals surface area contributed by atoms with Crippen LogP contribution in [0.4, 0.5) is 11.6 Å². The maximum absolute atomic E-state index is 12.3. The predicted molar refractivity (Wildman–Crippen MR) is 93.8 cm³/mol. The second kappa shape index (κ2) is 7.00. The summed E-state index contributed by atoms with van der Waals surface area (Å²) in [5.41, 5.74) is -0.440. The summed E-state index contributed by atoms with van der Waals surface area (Å²) in [7, 11) is 0. The van der Waals surface area contributed by atoms with E-state index in [0.29, 0.717) is 11.2 Å². The Balaban J connectivity index is 2.06. The number of nitrogens with one attached hydrogen (secondary N) is 1.